The van der Waals surface area contributed by atoms with Crippen molar-refractivity contribution >= 4 is 12.3 Å². The first-order valence-corrected chi connectivity index (χ1v) is 1.22. The van der Waals surface area contributed by atoms with Gasteiger partial charge in [-0.25, -0.2) is 0 Å². The van der Waals surface area contributed by atoms with Gasteiger partial charge in [0, 0.05) is 0 Å². The number of hydrogen-bond acceptors (Lipinski definition) is 6. The van der Waals surface area contributed by atoms with E-state index in [1.165, 1.54) is 0 Å². The second-order valence-electron chi connectivity index (χ2n) is 0.500. The second kappa shape index (κ2) is 50.9. The third kappa shape index (κ3) is 221. The molecule has 13 heteroatoms. The first kappa shape index (κ1) is 59.7. The minimum Gasteiger partial charge on any atom is -0.652 e. The molecule has 72 valence electrons. The quantitative estimate of drug-likeness (QED) is 0.391. The van der Waals surface area contributed by atoms with E-state index in [4.69, 9.17) is 30.0 Å². The summed E-state index contributed by atoms with van der Waals surface area (Å²) in [4.78, 5) is 16.7. The van der Waals surface area contributed by atoms with Crippen LogP contribution in [0.3, 0.4) is 0 Å². The summed E-state index contributed by atoms with van der Waals surface area (Å²) in [6, 6.07) is 0. The summed E-state index contributed by atoms with van der Waals surface area (Å²) in [6.45, 7) is 0. The van der Waals surface area contributed by atoms with E-state index in [1.807, 2.05) is 0 Å². The first-order chi connectivity index (χ1) is 3.46. The van der Waals surface area contributed by atoms with Crippen molar-refractivity contribution in [1.29, 1.82) is 0 Å². The van der Waals surface area contributed by atoms with Crippen molar-refractivity contribution in [3.05, 3.63) is 0 Å². The normalized spacial score (nSPS) is 3.20. The molecule has 0 unspecified atom stereocenters. The topological polar surface area (TPSA) is 221 Å². The first-order valence-electron chi connectivity index (χ1n) is 1.22. The van der Waals surface area contributed by atoms with Gasteiger partial charge in [0.25, 0.3) is 0 Å². The molecular weight excluding hydrogens is 324 g/mol. The van der Waals surface area contributed by atoms with Gasteiger partial charge < -0.3 is 46.4 Å². The molecule has 9 nitrogen and oxygen atoms in total. The van der Waals surface area contributed by atoms with Gasteiger partial charge in [-0.2, -0.15) is 0 Å². The van der Waals surface area contributed by atoms with Crippen molar-refractivity contribution < 1.29 is 252 Å². The summed E-state index contributed by atoms with van der Waals surface area (Å²) in [7, 11) is 0. The number of rotatable bonds is 0. The molecule has 0 heterocycles. The molecule has 0 spiro atoms. The summed E-state index contributed by atoms with van der Waals surface area (Å²) < 4.78 is 0. The van der Waals surface area contributed by atoms with Gasteiger partial charge in [0.2, 0.25) is 0 Å². The van der Waals surface area contributed by atoms with Gasteiger partial charge in [0.1, 0.15) is 0 Å². The van der Waals surface area contributed by atoms with Crippen molar-refractivity contribution in [1.82, 2.24) is 0 Å². The molecule has 0 saturated heterocycles. The van der Waals surface area contributed by atoms with Crippen LogP contribution < -0.4 is 226 Å². The van der Waals surface area contributed by atoms with Crippen molar-refractivity contribution in [3.8, 4) is 0 Å². The van der Waals surface area contributed by atoms with Gasteiger partial charge in [-0.3, -0.25) is 0 Å². The minimum atomic E-state index is -2.33. The molecule has 0 bridgehead atoms. The van der Waals surface area contributed by atoms with Crippen LogP contribution in [0.1, 0.15) is 0 Å². The number of carbonyl (C=O) groups is 2. The van der Waals surface area contributed by atoms with E-state index in [0.29, 0.717) is 0 Å². The van der Waals surface area contributed by atoms with Crippen LogP contribution in [0.25, 0.3) is 0 Å². The Morgan fingerprint density at radius 2 is 0.533 bits per heavy atom. The summed E-state index contributed by atoms with van der Waals surface area (Å²) >= 11 is 0. The Morgan fingerprint density at radius 3 is 0.533 bits per heavy atom. The maximum absolute atomic E-state index is 8.33. The van der Waals surface area contributed by atoms with Gasteiger partial charge in [0.05, 0.1) is 0 Å². The number of hydrogen-bond donors (Lipinski definition) is 0. The maximum Gasteiger partial charge on any atom is 1.00 e. The van der Waals surface area contributed by atoms with Crippen LogP contribution in [0.5, 0.6) is 0 Å². The molecule has 0 fully saturated rings. The summed E-state index contributed by atoms with van der Waals surface area (Å²) in [6.07, 6.45) is -4.67. The van der Waals surface area contributed by atoms with Crippen molar-refractivity contribution in [2.75, 3.05) is 0 Å². The zero-order chi connectivity index (χ0) is 7.15. The van der Waals surface area contributed by atoms with Crippen LogP contribution in [-0.2, 0) is 0 Å². The van der Waals surface area contributed by atoms with Crippen LogP contribution in [0, 0.1) is 0 Å². The maximum atomic E-state index is 8.33. The molecule has 0 aromatic heterocycles. The molecule has 0 aromatic carbocycles. The third-order valence-corrected chi connectivity index (χ3v) is 0. The Kier molecular flexibility index (Phi) is 203. The average Bonchev–Trinajstić information content (AvgIpc) is 1.25. The van der Waals surface area contributed by atoms with Gasteiger partial charge in [0.15, 0.2) is 0 Å². The minimum absolute atomic E-state index is 0. The molecule has 0 aliphatic rings. The Morgan fingerprint density at radius 1 is 0.533 bits per heavy atom. The van der Waals surface area contributed by atoms with E-state index in [1.54, 1.807) is 0 Å². The molecule has 0 radical (unpaired) electrons. The van der Waals surface area contributed by atoms with E-state index >= 15 is 0 Å². The van der Waals surface area contributed by atoms with Gasteiger partial charge >= 0.3 is 206 Å². The fourth-order valence-corrected chi connectivity index (χ4v) is 0. The molecule has 0 aromatic rings. The molecule has 0 saturated carbocycles. The van der Waals surface area contributed by atoms with Gasteiger partial charge in [-0.1, -0.05) is 0 Å². The third-order valence-electron chi connectivity index (χ3n) is 0. The molecule has 0 rings (SSSR count). The summed E-state index contributed by atoms with van der Waals surface area (Å²) in [5, 5.41) is 33.3. The van der Waals surface area contributed by atoms with E-state index in [0.717, 1.165) is 0 Å². The van der Waals surface area contributed by atoms with E-state index in [2.05, 4.69) is 0 Å². The van der Waals surface area contributed by atoms with Crippen molar-refractivity contribution in [2.24, 2.45) is 0 Å². The molecule has 0 atom stereocenters. The fraction of sp³-hybridized carbons (Fsp3) is 0. The van der Waals surface area contributed by atoms with Crippen molar-refractivity contribution in [2.45, 2.75) is 0 Å². The predicted molar refractivity (Wildman–Crippen MR) is 21.6 cm³/mol. The summed E-state index contributed by atoms with van der Waals surface area (Å²) in [5.41, 5.74) is 0. The van der Waals surface area contributed by atoms with E-state index in [9.17, 15) is 0 Å². The second-order valence-corrected chi connectivity index (χ2v) is 0.500. The predicted octanol–water partition coefficient (Wildman–Crippen LogP) is -19.4. The van der Waals surface area contributed by atoms with E-state index < -0.39 is 12.3 Å². The smallest absolute Gasteiger partial charge is 0.652 e. The molecule has 15 heavy (non-hydrogen) atoms. The number of carboxylic acid groups (broad SMARTS) is 4. The van der Waals surface area contributed by atoms with Crippen LogP contribution in [-0.4, -0.2) is 28.7 Å². The van der Waals surface area contributed by atoms with Crippen LogP contribution in [0.15, 0.2) is 0 Å². The standard InChI is InChI=1S/2CH2O3.4K.3H2O/c2*2-1(3)4;;;;;;;/h2*(H2,2,3,4);;;;;3*1H2/q;;4*+1;;;/p-4. The fourth-order valence-electron chi connectivity index (χ4n) is 0. The Hall–Kier alpha value is 4.97. The molecule has 6 N–H and O–H groups in total. The van der Waals surface area contributed by atoms with Crippen LogP contribution in [0.4, 0.5) is 9.59 Å². The Labute approximate surface area is 256 Å². The molecule has 0 aliphatic carbocycles. The van der Waals surface area contributed by atoms with Crippen LogP contribution in [0.2, 0.25) is 0 Å². The molecular formula is C2H6K4O9. The van der Waals surface area contributed by atoms with E-state index in [-0.39, 0.29) is 222 Å². The molecule has 0 aliphatic heterocycles. The number of carbonyl (C=O) groups excluding carboxylic acids is 2. The van der Waals surface area contributed by atoms with Gasteiger partial charge in [-0.05, 0) is 12.3 Å². The Balaban J connectivity index is -0.00000000468. The van der Waals surface area contributed by atoms with Crippen molar-refractivity contribution in [3.63, 3.8) is 0 Å². The zero-order valence-corrected chi connectivity index (χ0v) is 21.4. The monoisotopic (exact) mass is 330 g/mol. The van der Waals surface area contributed by atoms with Crippen LogP contribution >= 0.6 is 0 Å². The largest absolute Gasteiger partial charge is 1.00 e. The SMILES string of the molecule is O.O.O.O=C([O-])[O-].O=C([O-])[O-].[K+].[K+].[K+].[K+]. The molecule has 0 amide bonds. The summed E-state index contributed by atoms with van der Waals surface area (Å²) in [5.74, 6) is 0. The zero-order valence-electron chi connectivity index (χ0n) is 8.95. The Bertz CT molecular complexity index is 78.1. The van der Waals surface area contributed by atoms with Gasteiger partial charge in [-0.15, -0.1) is 0 Å². The average molecular weight is 330 g/mol.